The van der Waals surface area contributed by atoms with Crippen molar-refractivity contribution < 1.29 is 52.8 Å². The van der Waals surface area contributed by atoms with Crippen LogP contribution >= 0.6 is 0 Å². The highest BCUT2D eigenvalue weighted by atomic mass is 16.5. The molecule has 0 heterocycles. The fourth-order valence-corrected chi connectivity index (χ4v) is 5.31. The molecule has 0 spiro atoms. The predicted octanol–water partition coefficient (Wildman–Crippen LogP) is 3.99. The van der Waals surface area contributed by atoms with Crippen molar-refractivity contribution in [3.63, 3.8) is 0 Å². The van der Waals surface area contributed by atoms with Crippen LogP contribution in [-0.2, 0) is 47.7 Å². The molecule has 0 aromatic carbocycles. The van der Waals surface area contributed by atoms with Crippen LogP contribution in [-0.4, -0.2) is 120 Å². The summed E-state index contributed by atoms with van der Waals surface area (Å²) in [4.78, 5) is 69.6. The minimum absolute atomic E-state index is 0.00175. The van der Waals surface area contributed by atoms with E-state index >= 15 is 0 Å². The van der Waals surface area contributed by atoms with Crippen molar-refractivity contribution >= 4 is 35.9 Å². The van der Waals surface area contributed by atoms with Crippen LogP contribution in [0.3, 0.4) is 0 Å². The molecule has 54 heavy (non-hydrogen) atoms. The van der Waals surface area contributed by atoms with Gasteiger partial charge in [-0.2, -0.15) is 0 Å². The number of aldehydes is 1. The van der Waals surface area contributed by atoms with E-state index in [1.165, 1.54) is 44.9 Å². The third-order valence-electron chi connectivity index (χ3n) is 8.44. The second-order valence-electron chi connectivity index (χ2n) is 13.4. The van der Waals surface area contributed by atoms with Crippen molar-refractivity contribution in [1.29, 1.82) is 0 Å². The molecule has 0 aromatic rings. The molecule has 0 aliphatic rings. The summed E-state index contributed by atoms with van der Waals surface area (Å²) in [6.07, 6.45) is 19.2. The fourth-order valence-electron chi connectivity index (χ4n) is 5.31. The first kappa shape index (κ1) is 50.9. The monoisotopic (exact) mass is 773 g/mol. The van der Waals surface area contributed by atoms with Gasteiger partial charge in [-0.1, -0.05) is 90.4 Å². The van der Waals surface area contributed by atoms with Crippen LogP contribution in [0.4, 0.5) is 0 Å². The predicted molar refractivity (Wildman–Crippen MR) is 206 cm³/mol. The zero-order chi connectivity index (χ0) is 39.7. The normalized spacial score (nSPS) is 11.5. The number of amides is 4. The molecule has 0 aromatic heterocycles. The number of carbonyl (C=O) groups excluding carboxylic acids is 5. The van der Waals surface area contributed by atoms with Crippen LogP contribution in [0, 0.1) is 0 Å². The smallest absolute Gasteiger partial charge is 0.303 e. The van der Waals surface area contributed by atoms with Crippen LogP contribution in [0.15, 0.2) is 0 Å². The van der Waals surface area contributed by atoms with Crippen LogP contribution in [0.25, 0.3) is 0 Å². The maximum Gasteiger partial charge on any atom is 0.303 e. The molecule has 314 valence electrons. The van der Waals surface area contributed by atoms with Gasteiger partial charge in [-0.05, 0) is 25.7 Å². The quantitative estimate of drug-likeness (QED) is 0.0444. The molecule has 15 nitrogen and oxygen atoms in total. The number of hydrogen-bond donors (Lipinski definition) is 5. The number of carboxylic acids is 1. The van der Waals surface area contributed by atoms with E-state index in [0.717, 1.165) is 57.8 Å². The van der Waals surface area contributed by atoms with Crippen molar-refractivity contribution in [2.24, 2.45) is 0 Å². The first-order valence-electron chi connectivity index (χ1n) is 20.4. The number of aliphatic carboxylic acids is 1. The SMILES string of the molecule is CCCCNC(=O)COCCOCCNC(=O)COCCOCCNC(=O)CC[C@@H](C=O)NC(=O)CCCCCCCCCCCCCCCCC(=O)O. The van der Waals surface area contributed by atoms with Gasteiger partial charge in [0.25, 0.3) is 0 Å². The Morgan fingerprint density at radius 1 is 0.500 bits per heavy atom. The largest absolute Gasteiger partial charge is 0.481 e. The molecular weight excluding hydrogens is 700 g/mol. The van der Waals surface area contributed by atoms with Crippen LogP contribution < -0.4 is 21.3 Å². The molecule has 15 heteroatoms. The van der Waals surface area contributed by atoms with Gasteiger partial charge < -0.3 is 50.1 Å². The molecule has 0 unspecified atom stereocenters. The van der Waals surface area contributed by atoms with E-state index in [0.29, 0.717) is 39.0 Å². The van der Waals surface area contributed by atoms with E-state index in [2.05, 4.69) is 28.2 Å². The summed E-state index contributed by atoms with van der Waals surface area (Å²) in [7, 11) is 0. The Labute approximate surface area is 323 Å². The molecule has 0 saturated heterocycles. The van der Waals surface area contributed by atoms with Gasteiger partial charge in [0.15, 0.2) is 0 Å². The van der Waals surface area contributed by atoms with E-state index in [4.69, 9.17) is 24.1 Å². The minimum atomic E-state index is -0.705. The summed E-state index contributed by atoms with van der Waals surface area (Å²) in [5.74, 6) is -1.54. The summed E-state index contributed by atoms with van der Waals surface area (Å²) in [5, 5.41) is 19.5. The Morgan fingerprint density at radius 2 is 0.926 bits per heavy atom. The van der Waals surface area contributed by atoms with Gasteiger partial charge in [0.05, 0.1) is 45.7 Å². The molecule has 0 radical (unpaired) electrons. The lowest BCUT2D eigenvalue weighted by Gasteiger charge is -2.13. The first-order valence-corrected chi connectivity index (χ1v) is 20.4. The van der Waals surface area contributed by atoms with Crippen molar-refractivity contribution in [1.82, 2.24) is 21.3 Å². The van der Waals surface area contributed by atoms with Gasteiger partial charge in [-0.3, -0.25) is 24.0 Å². The highest BCUT2D eigenvalue weighted by molar-refractivity contribution is 5.80. The highest BCUT2D eigenvalue weighted by Gasteiger charge is 2.13. The zero-order valence-electron chi connectivity index (χ0n) is 33.1. The van der Waals surface area contributed by atoms with Crippen LogP contribution in [0.1, 0.15) is 135 Å². The topological polar surface area (TPSA) is 208 Å². The van der Waals surface area contributed by atoms with Gasteiger partial charge >= 0.3 is 5.97 Å². The molecule has 4 amide bonds. The van der Waals surface area contributed by atoms with Crippen molar-refractivity contribution in [3.8, 4) is 0 Å². The molecule has 0 aliphatic carbocycles. The third-order valence-corrected chi connectivity index (χ3v) is 8.44. The number of unbranched alkanes of at least 4 members (excludes halogenated alkanes) is 14. The summed E-state index contributed by atoms with van der Waals surface area (Å²) in [5.41, 5.74) is 0. The average molecular weight is 773 g/mol. The van der Waals surface area contributed by atoms with E-state index in [-0.39, 0.29) is 89.1 Å². The summed E-state index contributed by atoms with van der Waals surface area (Å²) < 4.78 is 21.3. The molecule has 0 fully saturated rings. The van der Waals surface area contributed by atoms with Crippen molar-refractivity contribution in [3.05, 3.63) is 0 Å². The standard InChI is InChI=1S/C39H72N4O11/c1-2-3-22-40-37(47)32-53-29-28-52-26-24-42-38(48)33-54-30-27-51-25-23-41-35(45)21-20-34(31-44)43-36(46)18-16-14-12-10-8-6-4-5-7-9-11-13-15-17-19-39(49)50/h31,34H,2-30,32-33H2,1H3,(H,40,47)(H,41,45)(H,42,48)(H,43,46)(H,49,50)/t34-/m0/s1. The van der Waals surface area contributed by atoms with Gasteiger partial charge in [0.2, 0.25) is 23.6 Å². The molecular formula is C39H72N4O11. The van der Waals surface area contributed by atoms with Gasteiger partial charge in [0.1, 0.15) is 19.5 Å². The number of nitrogens with one attached hydrogen (secondary N) is 4. The first-order chi connectivity index (χ1) is 26.3. The number of ether oxygens (including phenoxy) is 4. The van der Waals surface area contributed by atoms with E-state index < -0.39 is 12.0 Å². The van der Waals surface area contributed by atoms with Crippen molar-refractivity contribution in [2.75, 3.05) is 72.5 Å². The Kier molecular flexibility index (Phi) is 37.3. The number of carboxylic acid groups (broad SMARTS) is 1. The lowest BCUT2D eigenvalue weighted by Crippen LogP contribution is -2.37. The van der Waals surface area contributed by atoms with E-state index in [1.54, 1.807) is 0 Å². The van der Waals surface area contributed by atoms with Gasteiger partial charge in [-0.15, -0.1) is 0 Å². The molecule has 0 bridgehead atoms. The Bertz CT molecular complexity index is 971. The highest BCUT2D eigenvalue weighted by Crippen LogP contribution is 2.14. The van der Waals surface area contributed by atoms with Gasteiger partial charge in [0, 0.05) is 38.9 Å². The lowest BCUT2D eigenvalue weighted by molar-refractivity contribution is -0.137. The van der Waals surface area contributed by atoms with Crippen LogP contribution in [0.5, 0.6) is 0 Å². The lowest BCUT2D eigenvalue weighted by atomic mass is 10.0. The molecule has 5 N–H and O–H groups in total. The summed E-state index contributed by atoms with van der Waals surface area (Å²) in [6, 6.07) is -0.696. The Hall–Kier alpha value is -3.14. The Balaban J connectivity index is 3.56. The molecule has 0 rings (SSSR count). The second kappa shape index (κ2) is 39.6. The third kappa shape index (κ3) is 38.6. The number of hydrogen-bond acceptors (Lipinski definition) is 10. The number of carbonyl (C=O) groups is 6. The molecule has 0 saturated carbocycles. The summed E-state index contributed by atoms with van der Waals surface area (Å²) in [6.45, 7) is 4.83. The van der Waals surface area contributed by atoms with E-state index in [9.17, 15) is 28.8 Å². The fraction of sp³-hybridized carbons (Fsp3) is 0.846. The number of rotatable bonds is 41. The van der Waals surface area contributed by atoms with Gasteiger partial charge in [-0.25, -0.2) is 0 Å². The zero-order valence-corrected chi connectivity index (χ0v) is 33.1. The second-order valence-corrected chi connectivity index (χ2v) is 13.4. The molecule has 1 atom stereocenters. The Morgan fingerprint density at radius 3 is 1.39 bits per heavy atom. The minimum Gasteiger partial charge on any atom is -0.481 e. The summed E-state index contributed by atoms with van der Waals surface area (Å²) >= 11 is 0. The van der Waals surface area contributed by atoms with E-state index in [1.807, 2.05) is 0 Å². The van der Waals surface area contributed by atoms with Crippen LogP contribution in [0.2, 0.25) is 0 Å². The molecule has 0 aliphatic heterocycles. The average Bonchev–Trinajstić information content (AvgIpc) is 3.15. The maximum absolute atomic E-state index is 12.3. The van der Waals surface area contributed by atoms with Crippen molar-refractivity contribution in [2.45, 2.75) is 141 Å². The maximum atomic E-state index is 12.3.